The molecule has 3 rings (SSSR count). The summed E-state index contributed by atoms with van der Waals surface area (Å²) in [5.41, 5.74) is 0.397. The fraction of sp³-hybridized carbons (Fsp3) is 0.556. The van der Waals surface area contributed by atoms with Gasteiger partial charge in [0, 0.05) is 45.0 Å². The zero-order chi connectivity index (χ0) is 17.6. The Morgan fingerprint density at radius 1 is 1.12 bits per heavy atom. The molecule has 0 aromatic heterocycles. The minimum atomic E-state index is -0.378. The van der Waals surface area contributed by atoms with E-state index in [1.165, 1.54) is 24.3 Å². The average Bonchev–Trinajstić information content (AvgIpc) is 3.29. The van der Waals surface area contributed by atoms with E-state index in [0.29, 0.717) is 30.5 Å². The summed E-state index contributed by atoms with van der Waals surface area (Å²) in [6.07, 6.45) is 2.12. The molecular weight excluding hydrogens is 325 g/mol. The van der Waals surface area contributed by atoms with Crippen LogP contribution in [0, 0.1) is 17.7 Å². The number of likely N-dealkylation sites (tertiary alicyclic amines) is 1. The lowest BCUT2D eigenvalue weighted by molar-refractivity contribution is 0.0953. The summed E-state index contributed by atoms with van der Waals surface area (Å²) in [5, 5.41) is 5.54. The van der Waals surface area contributed by atoms with Gasteiger partial charge in [-0.2, -0.15) is 0 Å². The predicted octanol–water partition coefficient (Wildman–Crippen LogP) is 1.62. The molecule has 0 spiro atoms. The SMILES string of the molecule is O=C(NCCNC(=O)N1CC[C@H]([C@H]2CCOC2)C1)c1ccc(F)cc1. The van der Waals surface area contributed by atoms with E-state index < -0.39 is 0 Å². The van der Waals surface area contributed by atoms with E-state index in [-0.39, 0.29) is 17.8 Å². The standard InChI is InChI=1S/C18H24FN3O3/c19-16-3-1-13(2-4-16)17(23)20-7-8-21-18(24)22-9-5-14(11-22)15-6-10-25-12-15/h1-4,14-15H,5-12H2,(H,20,23)(H,21,24)/t14-,15-/m0/s1. The molecule has 2 fully saturated rings. The number of ether oxygens (including phenoxy) is 1. The van der Waals surface area contributed by atoms with E-state index in [1.54, 1.807) is 0 Å². The molecule has 1 aromatic rings. The Kier molecular flexibility index (Phi) is 5.86. The Bertz CT molecular complexity index is 602. The van der Waals surface area contributed by atoms with E-state index in [9.17, 15) is 14.0 Å². The van der Waals surface area contributed by atoms with E-state index in [4.69, 9.17) is 4.74 Å². The van der Waals surface area contributed by atoms with Gasteiger partial charge < -0.3 is 20.3 Å². The molecule has 7 heteroatoms. The van der Waals surface area contributed by atoms with Crippen molar-refractivity contribution in [1.29, 1.82) is 0 Å². The average molecular weight is 349 g/mol. The van der Waals surface area contributed by atoms with Gasteiger partial charge in [-0.05, 0) is 48.9 Å². The van der Waals surface area contributed by atoms with Gasteiger partial charge in [-0.15, -0.1) is 0 Å². The molecule has 2 aliphatic rings. The minimum absolute atomic E-state index is 0.0857. The smallest absolute Gasteiger partial charge is 0.317 e. The van der Waals surface area contributed by atoms with E-state index >= 15 is 0 Å². The van der Waals surface area contributed by atoms with Gasteiger partial charge in [-0.25, -0.2) is 9.18 Å². The van der Waals surface area contributed by atoms with Gasteiger partial charge in [-0.1, -0.05) is 0 Å². The normalized spacial score (nSPS) is 22.8. The van der Waals surface area contributed by atoms with Gasteiger partial charge in [0.15, 0.2) is 0 Å². The van der Waals surface area contributed by atoms with Crippen LogP contribution in [0.2, 0.25) is 0 Å². The Morgan fingerprint density at radius 2 is 1.88 bits per heavy atom. The molecular formula is C18H24FN3O3. The lowest BCUT2D eigenvalue weighted by Crippen LogP contribution is -2.42. The molecule has 3 amide bonds. The first-order valence-corrected chi connectivity index (χ1v) is 8.78. The third-order valence-electron chi connectivity index (χ3n) is 4.94. The van der Waals surface area contributed by atoms with Crippen molar-refractivity contribution in [1.82, 2.24) is 15.5 Å². The molecule has 1 aromatic carbocycles. The molecule has 0 saturated carbocycles. The first-order chi connectivity index (χ1) is 12.1. The van der Waals surface area contributed by atoms with Gasteiger partial charge in [0.2, 0.25) is 0 Å². The number of halogens is 1. The van der Waals surface area contributed by atoms with Crippen LogP contribution < -0.4 is 10.6 Å². The first kappa shape index (κ1) is 17.7. The zero-order valence-corrected chi connectivity index (χ0v) is 14.2. The highest BCUT2D eigenvalue weighted by Gasteiger charge is 2.33. The maximum Gasteiger partial charge on any atom is 0.317 e. The van der Waals surface area contributed by atoms with E-state index in [2.05, 4.69) is 10.6 Å². The van der Waals surface area contributed by atoms with Crippen molar-refractivity contribution < 1.29 is 18.7 Å². The van der Waals surface area contributed by atoms with Gasteiger partial charge in [0.25, 0.3) is 5.91 Å². The number of rotatable bonds is 5. The quantitative estimate of drug-likeness (QED) is 0.794. The van der Waals surface area contributed by atoms with Crippen LogP contribution in [0.3, 0.4) is 0 Å². The number of benzene rings is 1. The Labute approximate surface area is 146 Å². The van der Waals surface area contributed by atoms with Crippen molar-refractivity contribution in [2.45, 2.75) is 12.8 Å². The third kappa shape index (κ3) is 4.69. The second-order valence-corrected chi connectivity index (χ2v) is 6.61. The Hall–Kier alpha value is -2.15. The molecule has 6 nitrogen and oxygen atoms in total. The Balaban J connectivity index is 1.34. The number of carbonyl (C=O) groups excluding carboxylic acids is 2. The molecule has 2 saturated heterocycles. The fourth-order valence-electron chi connectivity index (χ4n) is 3.44. The lowest BCUT2D eigenvalue weighted by atomic mass is 9.91. The van der Waals surface area contributed by atoms with Crippen LogP contribution in [0.5, 0.6) is 0 Å². The molecule has 0 bridgehead atoms. The summed E-state index contributed by atoms with van der Waals surface area (Å²) in [5.74, 6) is 0.452. The highest BCUT2D eigenvalue weighted by atomic mass is 19.1. The minimum Gasteiger partial charge on any atom is -0.381 e. The molecule has 25 heavy (non-hydrogen) atoms. The molecule has 0 unspecified atom stereocenters. The van der Waals surface area contributed by atoms with Crippen LogP contribution in [-0.4, -0.2) is 56.2 Å². The van der Waals surface area contributed by atoms with Gasteiger partial charge in [-0.3, -0.25) is 4.79 Å². The van der Waals surface area contributed by atoms with Crippen LogP contribution in [0.1, 0.15) is 23.2 Å². The number of hydrogen-bond acceptors (Lipinski definition) is 3. The Morgan fingerprint density at radius 3 is 2.60 bits per heavy atom. The molecule has 0 radical (unpaired) electrons. The van der Waals surface area contributed by atoms with E-state index in [0.717, 1.165) is 39.1 Å². The number of carbonyl (C=O) groups is 2. The third-order valence-corrected chi connectivity index (χ3v) is 4.94. The maximum absolute atomic E-state index is 12.8. The summed E-state index contributed by atoms with van der Waals surface area (Å²) in [7, 11) is 0. The number of nitrogens with one attached hydrogen (secondary N) is 2. The molecule has 2 heterocycles. The van der Waals surface area contributed by atoms with Crippen molar-refractivity contribution in [2.24, 2.45) is 11.8 Å². The number of hydrogen-bond donors (Lipinski definition) is 2. The van der Waals surface area contributed by atoms with Gasteiger partial charge >= 0.3 is 6.03 Å². The van der Waals surface area contributed by atoms with Crippen LogP contribution in [0.4, 0.5) is 9.18 Å². The molecule has 0 aliphatic carbocycles. The first-order valence-electron chi connectivity index (χ1n) is 8.78. The van der Waals surface area contributed by atoms with Crippen molar-refractivity contribution in [3.63, 3.8) is 0 Å². The highest BCUT2D eigenvalue weighted by molar-refractivity contribution is 5.94. The van der Waals surface area contributed by atoms with Crippen LogP contribution in [-0.2, 0) is 4.74 Å². The van der Waals surface area contributed by atoms with Crippen LogP contribution in [0.15, 0.2) is 24.3 Å². The highest BCUT2D eigenvalue weighted by Crippen LogP contribution is 2.29. The summed E-state index contributed by atoms with van der Waals surface area (Å²) in [6, 6.07) is 5.27. The summed E-state index contributed by atoms with van der Waals surface area (Å²) in [6.45, 7) is 3.89. The van der Waals surface area contributed by atoms with E-state index in [1.807, 2.05) is 4.90 Å². The van der Waals surface area contributed by atoms with Crippen molar-refractivity contribution in [3.8, 4) is 0 Å². The lowest BCUT2D eigenvalue weighted by Gasteiger charge is -2.19. The number of amides is 3. The molecule has 2 aliphatic heterocycles. The van der Waals surface area contributed by atoms with Gasteiger partial charge in [0.05, 0.1) is 0 Å². The largest absolute Gasteiger partial charge is 0.381 e. The summed E-state index contributed by atoms with van der Waals surface area (Å²) < 4.78 is 18.3. The zero-order valence-electron chi connectivity index (χ0n) is 14.2. The topological polar surface area (TPSA) is 70.7 Å². The second-order valence-electron chi connectivity index (χ2n) is 6.61. The van der Waals surface area contributed by atoms with Gasteiger partial charge in [0.1, 0.15) is 5.82 Å². The molecule has 2 atom stereocenters. The molecule has 2 N–H and O–H groups in total. The van der Waals surface area contributed by atoms with Crippen LogP contribution in [0.25, 0.3) is 0 Å². The molecule has 136 valence electrons. The number of nitrogens with zero attached hydrogens (tertiary/aromatic N) is 1. The number of urea groups is 1. The monoisotopic (exact) mass is 349 g/mol. The van der Waals surface area contributed by atoms with Crippen LogP contribution >= 0.6 is 0 Å². The predicted molar refractivity (Wildman–Crippen MR) is 90.7 cm³/mol. The summed E-state index contributed by atoms with van der Waals surface area (Å²) >= 11 is 0. The maximum atomic E-state index is 12.8. The summed E-state index contributed by atoms with van der Waals surface area (Å²) in [4.78, 5) is 25.9. The fourth-order valence-corrected chi connectivity index (χ4v) is 3.44. The second kappa shape index (κ2) is 8.29. The van der Waals surface area contributed by atoms with Crippen molar-refractivity contribution in [3.05, 3.63) is 35.6 Å². The van der Waals surface area contributed by atoms with Crippen molar-refractivity contribution in [2.75, 3.05) is 39.4 Å². The van der Waals surface area contributed by atoms with Crippen molar-refractivity contribution >= 4 is 11.9 Å².